The number of allylic oxidation sites excluding steroid dienone is 2. The van der Waals surface area contributed by atoms with Crippen LogP contribution in [0.1, 0.15) is 46.1 Å². The molecule has 0 heterocycles. The van der Waals surface area contributed by atoms with Crippen LogP contribution < -0.4 is 5.73 Å². The maximum Gasteiger partial charge on any atom is 0.417 e. The van der Waals surface area contributed by atoms with Crippen molar-refractivity contribution >= 4 is 5.71 Å². The molecule has 1 atom stereocenters. The van der Waals surface area contributed by atoms with E-state index in [0.29, 0.717) is 12.2 Å². The zero-order valence-corrected chi connectivity index (χ0v) is 19.4. The van der Waals surface area contributed by atoms with Gasteiger partial charge in [-0.3, -0.25) is 4.99 Å². The fourth-order valence-electron chi connectivity index (χ4n) is 3.61. The number of aromatic hydroxyl groups is 1. The Morgan fingerprint density at radius 2 is 1.81 bits per heavy atom. The molecule has 0 radical (unpaired) electrons. The highest BCUT2D eigenvalue weighted by Crippen LogP contribution is 2.45. The van der Waals surface area contributed by atoms with Crippen LogP contribution in [0.4, 0.5) is 17.6 Å². The molecule has 0 fully saturated rings. The van der Waals surface area contributed by atoms with Gasteiger partial charge in [0.15, 0.2) is 5.60 Å². The Labute approximate surface area is 187 Å². The average molecular weight is 460 g/mol. The third-order valence-electron chi connectivity index (χ3n) is 4.94. The molecular weight excluding hydrogens is 426 g/mol. The third kappa shape index (κ3) is 7.63. The second kappa shape index (κ2) is 10.5. The Morgan fingerprint density at radius 1 is 1.22 bits per heavy atom. The molecule has 1 rings (SSSR count). The highest BCUT2D eigenvalue weighted by Gasteiger charge is 2.56. The number of phenolic OH excluding ortho intramolecular Hbond substituents is 1. The summed E-state index contributed by atoms with van der Waals surface area (Å²) in [5.41, 5.74) is 2.12. The van der Waals surface area contributed by atoms with Crippen LogP contribution in [0.25, 0.3) is 0 Å². The minimum atomic E-state index is -5.02. The van der Waals surface area contributed by atoms with E-state index in [1.807, 2.05) is 19.0 Å². The quantitative estimate of drug-likeness (QED) is 0.285. The van der Waals surface area contributed by atoms with Crippen molar-refractivity contribution in [3.05, 3.63) is 53.1 Å². The topological polar surface area (TPSA) is 82.1 Å². The molecule has 1 aromatic rings. The fourth-order valence-corrected chi connectivity index (χ4v) is 3.61. The van der Waals surface area contributed by atoms with Crippen molar-refractivity contribution in [2.75, 3.05) is 20.6 Å². The number of halogens is 4. The summed E-state index contributed by atoms with van der Waals surface area (Å²) in [6, 6.07) is 3.04. The van der Waals surface area contributed by atoms with Crippen molar-refractivity contribution < 1.29 is 27.8 Å². The number of aliphatic imine (C=N–C) groups is 1. The maximum atomic E-state index is 13.9. The summed E-state index contributed by atoms with van der Waals surface area (Å²) in [4.78, 5) is 6.25. The summed E-state index contributed by atoms with van der Waals surface area (Å²) in [5, 5.41) is 20.7. The highest BCUT2D eigenvalue weighted by molar-refractivity contribution is 5.85. The molecule has 4 N–H and O–H groups in total. The monoisotopic (exact) mass is 459 g/mol. The lowest BCUT2D eigenvalue weighted by atomic mass is 9.73. The largest absolute Gasteiger partial charge is 0.508 e. The summed E-state index contributed by atoms with van der Waals surface area (Å²) in [6.45, 7) is 6.81. The van der Waals surface area contributed by atoms with Crippen LogP contribution in [0.2, 0.25) is 0 Å². The van der Waals surface area contributed by atoms with Gasteiger partial charge in [0.05, 0.1) is 5.70 Å². The fraction of sp³-hybridized carbons (Fsp3) is 0.522. The number of benzene rings is 1. The first kappa shape index (κ1) is 27.6. The lowest BCUT2D eigenvalue weighted by molar-refractivity contribution is -0.266. The van der Waals surface area contributed by atoms with E-state index in [0.717, 1.165) is 23.9 Å². The first-order chi connectivity index (χ1) is 14.5. The average Bonchev–Trinajstić information content (AvgIpc) is 2.60. The predicted octanol–water partition coefficient (Wildman–Crippen LogP) is 4.65. The SMILES string of the molecule is C/C=C(/C=C(\N)CC(O)(CC(C)(C)c1cc(F)ccc1O)C(F)(F)F)N=C(C)CN(C)C. The van der Waals surface area contributed by atoms with Crippen LogP contribution in [0.15, 0.2) is 46.7 Å². The van der Waals surface area contributed by atoms with Gasteiger partial charge in [-0.25, -0.2) is 4.39 Å². The molecule has 1 unspecified atom stereocenters. The van der Waals surface area contributed by atoms with E-state index in [2.05, 4.69) is 4.99 Å². The summed E-state index contributed by atoms with van der Waals surface area (Å²) in [6.07, 6.45) is -3.87. The molecule has 0 saturated heterocycles. The summed E-state index contributed by atoms with van der Waals surface area (Å²) >= 11 is 0. The van der Waals surface area contributed by atoms with Crippen molar-refractivity contribution in [2.45, 2.75) is 57.7 Å². The van der Waals surface area contributed by atoms with E-state index in [1.54, 1.807) is 19.9 Å². The Bertz CT molecular complexity index is 890. The van der Waals surface area contributed by atoms with Crippen molar-refractivity contribution in [2.24, 2.45) is 10.7 Å². The molecular formula is C23H33F4N3O2. The van der Waals surface area contributed by atoms with Crippen LogP contribution >= 0.6 is 0 Å². The maximum absolute atomic E-state index is 13.9. The summed E-state index contributed by atoms with van der Waals surface area (Å²) < 4.78 is 55.5. The van der Waals surface area contributed by atoms with Crippen LogP contribution in [0, 0.1) is 5.82 Å². The second-order valence-corrected chi connectivity index (χ2v) is 8.95. The number of nitrogens with zero attached hydrogens (tertiary/aromatic N) is 2. The van der Waals surface area contributed by atoms with E-state index in [1.165, 1.54) is 19.9 Å². The Balaban J connectivity index is 3.27. The number of hydrogen-bond donors (Lipinski definition) is 3. The number of hydrogen-bond acceptors (Lipinski definition) is 5. The molecule has 0 spiro atoms. The molecule has 0 amide bonds. The zero-order valence-electron chi connectivity index (χ0n) is 19.4. The first-order valence-corrected chi connectivity index (χ1v) is 10.1. The van der Waals surface area contributed by atoms with Gasteiger partial charge in [-0.2, -0.15) is 13.2 Å². The van der Waals surface area contributed by atoms with E-state index in [-0.39, 0.29) is 17.0 Å². The molecule has 0 aliphatic carbocycles. The van der Waals surface area contributed by atoms with Crippen LogP contribution in [0.5, 0.6) is 5.75 Å². The lowest BCUT2D eigenvalue weighted by Crippen LogP contribution is -2.50. The van der Waals surface area contributed by atoms with Gasteiger partial charge in [0.25, 0.3) is 0 Å². The van der Waals surface area contributed by atoms with E-state index in [4.69, 9.17) is 5.73 Å². The van der Waals surface area contributed by atoms with Gasteiger partial charge in [0.1, 0.15) is 11.6 Å². The summed E-state index contributed by atoms with van der Waals surface area (Å²) in [7, 11) is 3.72. The van der Waals surface area contributed by atoms with Crippen molar-refractivity contribution in [3.8, 4) is 5.75 Å². The number of phenols is 1. The van der Waals surface area contributed by atoms with E-state index in [9.17, 15) is 27.8 Å². The van der Waals surface area contributed by atoms with Crippen molar-refractivity contribution in [3.63, 3.8) is 0 Å². The van der Waals surface area contributed by atoms with Gasteiger partial charge in [0.2, 0.25) is 0 Å². The Hall–Kier alpha value is -2.39. The van der Waals surface area contributed by atoms with E-state index < -0.39 is 35.9 Å². The Morgan fingerprint density at radius 3 is 2.31 bits per heavy atom. The molecule has 0 aliphatic heterocycles. The van der Waals surface area contributed by atoms with Crippen LogP contribution in [-0.2, 0) is 5.41 Å². The van der Waals surface area contributed by atoms with Gasteiger partial charge < -0.3 is 20.8 Å². The Kier molecular flexibility index (Phi) is 9.06. The molecule has 0 aliphatic rings. The molecule has 180 valence electrons. The smallest absolute Gasteiger partial charge is 0.417 e. The summed E-state index contributed by atoms with van der Waals surface area (Å²) in [5.74, 6) is -1.06. The molecule has 0 bridgehead atoms. The number of alkyl halides is 3. The first-order valence-electron chi connectivity index (χ1n) is 10.1. The molecule has 1 aromatic carbocycles. The lowest BCUT2D eigenvalue weighted by Gasteiger charge is -2.38. The highest BCUT2D eigenvalue weighted by atomic mass is 19.4. The van der Waals surface area contributed by atoms with E-state index >= 15 is 0 Å². The minimum absolute atomic E-state index is 0.0409. The predicted molar refractivity (Wildman–Crippen MR) is 119 cm³/mol. The molecule has 0 aromatic heterocycles. The zero-order chi connectivity index (χ0) is 24.9. The van der Waals surface area contributed by atoms with Crippen LogP contribution in [0.3, 0.4) is 0 Å². The van der Waals surface area contributed by atoms with Gasteiger partial charge >= 0.3 is 6.18 Å². The molecule has 32 heavy (non-hydrogen) atoms. The number of nitrogens with two attached hydrogens (primary N) is 1. The van der Waals surface area contributed by atoms with Crippen molar-refractivity contribution in [1.29, 1.82) is 0 Å². The molecule has 5 nitrogen and oxygen atoms in total. The van der Waals surface area contributed by atoms with Gasteiger partial charge in [0, 0.05) is 29.9 Å². The van der Waals surface area contributed by atoms with Crippen LogP contribution in [-0.4, -0.2) is 53.2 Å². The standard InChI is InChI=1S/C23H33F4N3O2/c1-7-18(29-15(2)13-30(5)6)11-17(28)12-22(32,23(25,26)27)14-21(3,4)19-10-16(24)8-9-20(19)31/h7-11,31-32H,12-14,28H2,1-6H3/b17-11-,18-7-,29-15?. The normalized spacial score (nSPS) is 16.4. The van der Waals surface area contributed by atoms with Crippen molar-refractivity contribution in [1.82, 2.24) is 4.90 Å². The number of rotatable bonds is 9. The second-order valence-electron chi connectivity index (χ2n) is 8.95. The molecule has 9 heteroatoms. The molecule has 0 saturated carbocycles. The van der Waals surface area contributed by atoms with Gasteiger partial charge in [-0.1, -0.05) is 19.9 Å². The minimum Gasteiger partial charge on any atom is -0.508 e. The third-order valence-corrected chi connectivity index (χ3v) is 4.94. The van der Waals surface area contributed by atoms with Gasteiger partial charge in [-0.05, 0) is 64.1 Å². The van der Waals surface area contributed by atoms with Gasteiger partial charge in [-0.15, -0.1) is 0 Å². The number of aliphatic hydroxyl groups is 1.